The maximum absolute atomic E-state index is 12.3. The Kier molecular flexibility index (Phi) is 8.16. The first-order valence-corrected chi connectivity index (χ1v) is 9.06. The Hall–Kier alpha value is -3.02. The van der Waals surface area contributed by atoms with E-state index in [9.17, 15) is 4.79 Å². The van der Waals surface area contributed by atoms with Gasteiger partial charge in [0.15, 0.2) is 5.96 Å². The van der Waals surface area contributed by atoms with Gasteiger partial charge in [0.1, 0.15) is 5.76 Å². The molecule has 0 atom stereocenters. The third kappa shape index (κ3) is 6.66. The number of guanidine groups is 1. The number of nitrogens with one attached hydrogen (secondary N) is 2. The van der Waals surface area contributed by atoms with Crippen LogP contribution in [0.3, 0.4) is 0 Å². The van der Waals surface area contributed by atoms with Crippen molar-refractivity contribution in [3.8, 4) is 0 Å². The van der Waals surface area contributed by atoms with Crippen LogP contribution < -0.4 is 10.6 Å². The number of amides is 1. The monoisotopic (exact) mass is 368 g/mol. The number of carbonyl (C=O) groups is 1. The molecule has 0 fully saturated rings. The summed E-state index contributed by atoms with van der Waals surface area (Å²) in [5.41, 5.74) is 1.64. The van der Waals surface area contributed by atoms with Crippen LogP contribution in [-0.2, 0) is 13.1 Å². The van der Waals surface area contributed by atoms with E-state index in [0.29, 0.717) is 18.7 Å². The molecule has 0 spiro atoms. The van der Waals surface area contributed by atoms with Gasteiger partial charge in [0.25, 0.3) is 5.91 Å². The summed E-state index contributed by atoms with van der Waals surface area (Å²) in [6.07, 6.45) is 5.53. The zero-order chi connectivity index (χ0) is 19.5. The second kappa shape index (κ2) is 10.9. The molecule has 0 bridgehead atoms. The second-order valence-corrected chi connectivity index (χ2v) is 6.22. The van der Waals surface area contributed by atoms with Gasteiger partial charge >= 0.3 is 0 Å². The number of carbonyl (C=O) groups excluding carboxylic acids is 1. The topological polar surface area (TPSA) is 69.9 Å². The summed E-state index contributed by atoms with van der Waals surface area (Å²) in [7, 11) is 3.78. The molecule has 0 radical (unpaired) electrons. The minimum absolute atomic E-state index is 0.126. The Labute approximate surface area is 161 Å². The van der Waals surface area contributed by atoms with Gasteiger partial charge in [0.05, 0.1) is 12.8 Å². The molecule has 0 saturated heterocycles. The number of hydrogen-bond donors (Lipinski definition) is 2. The molecule has 1 aromatic carbocycles. The summed E-state index contributed by atoms with van der Waals surface area (Å²) in [5.74, 6) is 1.43. The molecule has 1 aromatic heterocycles. The fourth-order valence-electron chi connectivity index (χ4n) is 2.65. The highest BCUT2D eigenvalue weighted by Crippen LogP contribution is 2.07. The summed E-state index contributed by atoms with van der Waals surface area (Å²) in [5, 5.41) is 6.19. The fraction of sp³-hybridized carbons (Fsp3) is 0.333. The van der Waals surface area contributed by atoms with Gasteiger partial charge in [-0.2, -0.15) is 0 Å². The van der Waals surface area contributed by atoms with Crippen molar-refractivity contribution in [3.05, 3.63) is 72.2 Å². The quantitative estimate of drug-likeness (QED) is 0.309. The molecule has 1 heterocycles. The van der Waals surface area contributed by atoms with Crippen molar-refractivity contribution in [2.45, 2.75) is 25.9 Å². The third-order valence-corrected chi connectivity index (χ3v) is 4.12. The van der Waals surface area contributed by atoms with E-state index in [1.807, 2.05) is 37.4 Å². The fourth-order valence-corrected chi connectivity index (χ4v) is 2.65. The number of allylic oxidation sites excluding steroid dienone is 1. The molecule has 6 nitrogen and oxygen atoms in total. The lowest BCUT2D eigenvalue weighted by atomic mass is 10.1. The number of unbranched alkanes of at least 4 members (excludes halogenated alkanes) is 1. The van der Waals surface area contributed by atoms with Crippen LogP contribution in [0.2, 0.25) is 0 Å². The van der Waals surface area contributed by atoms with Crippen LogP contribution in [0.1, 0.15) is 34.5 Å². The van der Waals surface area contributed by atoms with E-state index in [0.717, 1.165) is 36.7 Å². The molecule has 2 N–H and O–H groups in total. The highest BCUT2D eigenvalue weighted by atomic mass is 16.3. The molecule has 2 rings (SSSR count). The van der Waals surface area contributed by atoms with E-state index < -0.39 is 0 Å². The van der Waals surface area contributed by atoms with Gasteiger partial charge in [0.2, 0.25) is 0 Å². The lowest BCUT2D eigenvalue weighted by Gasteiger charge is -2.22. The van der Waals surface area contributed by atoms with Gasteiger partial charge in [-0.05, 0) is 42.7 Å². The lowest BCUT2D eigenvalue weighted by molar-refractivity contribution is 0.0948. The Morgan fingerprint density at radius 2 is 2.11 bits per heavy atom. The minimum atomic E-state index is -0.126. The van der Waals surface area contributed by atoms with Gasteiger partial charge < -0.3 is 20.0 Å². The summed E-state index contributed by atoms with van der Waals surface area (Å²) in [6, 6.07) is 11.2. The van der Waals surface area contributed by atoms with Gasteiger partial charge in [-0.15, -0.1) is 6.58 Å². The SMILES string of the molecule is C=CCCCN(C)C(=NC)NCc1cccc(C(=O)NCc2ccco2)c1. The van der Waals surface area contributed by atoms with Crippen molar-refractivity contribution in [2.75, 3.05) is 20.6 Å². The van der Waals surface area contributed by atoms with E-state index in [-0.39, 0.29) is 5.91 Å². The van der Waals surface area contributed by atoms with Crippen molar-refractivity contribution < 1.29 is 9.21 Å². The maximum atomic E-state index is 12.3. The highest BCUT2D eigenvalue weighted by molar-refractivity contribution is 5.94. The number of hydrogen-bond acceptors (Lipinski definition) is 3. The summed E-state index contributed by atoms with van der Waals surface area (Å²) in [6.45, 7) is 5.62. The Bertz CT molecular complexity index is 753. The summed E-state index contributed by atoms with van der Waals surface area (Å²) >= 11 is 0. The molecule has 6 heteroatoms. The number of nitrogens with zero attached hydrogens (tertiary/aromatic N) is 2. The molecule has 27 heavy (non-hydrogen) atoms. The van der Waals surface area contributed by atoms with Gasteiger partial charge in [0, 0.05) is 32.7 Å². The second-order valence-electron chi connectivity index (χ2n) is 6.22. The maximum Gasteiger partial charge on any atom is 0.251 e. The van der Waals surface area contributed by atoms with Crippen LogP contribution in [-0.4, -0.2) is 37.4 Å². The van der Waals surface area contributed by atoms with E-state index in [1.54, 1.807) is 25.4 Å². The van der Waals surface area contributed by atoms with Crippen LogP contribution in [0.25, 0.3) is 0 Å². The molecule has 2 aromatic rings. The van der Waals surface area contributed by atoms with E-state index >= 15 is 0 Å². The molecule has 0 unspecified atom stereocenters. The molecule has 0 aliphatic carbocycles. The normalized spacial score (nSPS) is 11.1. The van der Waals surface area contributed by atoms with Crippen LogP contribution in [0.15, 0.2) is 64.7 Å². The van der Waals surface area contributed by atoms with E-state index in [1.165, 1.54) is 0 Å². The Morgan fingerprint density at radius 3 is 2.81 bits per heavy atom. The predicted molar refractivity (Wildman–Crippen MR) is 109 cm³/mol. The van der Waals surface area contributed by atoms with E-state index in [4.69, 9.17) is 4.42 Å². The van der Waals surface area contributed by atoms with Crippen LogP contribution in [0.4, 0.5) is 0 Å². The van der Waals surface area contributed by atoms with Gasteiger partial charge in [-0.3, -0.25) is 9.79 Å². The van der Waals surface area contributed by atoms with E-state index in [2.05, 4.69) is 27.1 Å². The van der Waals surface area contributed by atoms with Crippen molar-refractivity contribution in [1.29, 1.82) is 0 Å². The van der Waals surface area contributed by atoms with Crippen LogP contribution in [0.5, 0.6) is 0 Å². The number of aliphatic imine (C=N–C) groups is 1. The molecule has 144 valence electrons. The van der Waals surface area contributed by atoms with Gasteiger partial charge in [-0.1, -0.05) is 18.2 Å². The summed E-state index contributed by atoms with van der Waals surface area (Å²) < 4.78 is 5.23. The van der Waals surface area contributed by atoms with Crippen LogP contribution >= 0.6 is 0 Å². The standard InChI is InChI=1S/C21H28N4O2/c1-4-5-6-12-25(3)21(22-2)24-15-17-9-7-10-18(14-17)20(26)23-16-19-11-8-13-27-19/h4,7-11,13-14H,1,5-6,12,15-16H2,2-3H3,(H,22,24)(H,23,26). The van der Waals surface area contributed by atoms with Crippen molar-refractivity contribution in [1.82, 2.24) is 15.5 Å². The Morgan fingerprint density at radius 1 is 1.26 bits per heavy atom. The molecular formula is C21H28N4O2. The average Bonchev–Trinajstić information content (AvgIpc) is 3.20. The predicted octanol–water partition coefficient (Wildman–Crippen LogP) is 3.18. The number of benzene rings is 1. The number of furan rings is 1. The van der Waals surface area contributed by atoms with Crippen molar-refractivity contribution in [2.24, 2.45) is 4.99 Å². The largest absolute Gasteiger partial charge is 0.467 e. The summed E-state index contributed by atoms with van der Waals surface area (Å²) in [4.78, 5) is 18.7. The highest BCUT2D eigenvalue weighted by Gasteiger charge is 2.09. The minimum Gasteiger partial charge on any atom is -0.467 e. The lowest BCUT2D eigenvalue weighted by Crippen LogP contribution is -2.39. The van der Waals surface area contributed by atoms with Crippen molar-refractivity contribution >= 4 is 11.9 Å². The number of rotatable bonds is 9. The molecule has 0 aliphatic rings. The Balaban J connectivity index is 1.88. The average molecular weight is 368 g/mol. The zero-order valence-corrected chi connectivity index (χ0v) is 16.1. The van der Waals surface area contributed by atoms with Crippen molar-refractivity contribution in [3.63, 3.8) is 0 Å². The first kappa shape index (κ1) is 20.3. The first-order valence-electron chi connectivity index (χ1n) is 9.06. The molecular weight excluding hydrogens is 340 g/mol. The first-order chi connectivity index (χ1) is 13.1. The smallest absolute Gasteiger partial charge is 0.251 e. The zero-order valence-electron chi connectivity index (χ0n) is 16.1. The molecule has 0 aliphatic heterocycles. The van der Waals surface area contributed by atoms with Crippen LogP contribution in [0, 0.1) is 0 Å². The molecule has 0 saturated carbocycles. The van der Waals surface area contributed by atoms with Gasteiger partial charge in [-0.25, -0.2) is 0 Å². The molecule has 1 amide bonds. The third-order valence-electron chi connectivity index (χ3n) is 4.12.